The van der Waals surface area contributed by atoms with Gasteiger partial charge in [-0.05, 0) is 35.9 Å². The SMILES string of the molecule is Cn1c(-c2ccccc2)c(Sc2ccc([N+](=O)[O-])cc2)c2cc(Br)ccc21. The number of nitro groups is 1. The Morgan fingerprint density at radius 1 is 1.00 bits per heavy atom. The summed E-state index contributed by atoms with van der Waals surface area (Å²) in [7, 11) is 2.07. The van der Waals surface area contributed by atoms with Crippen molar-refractivity contribution < 1.29 is 4.92 Å². The van der Waals surface area contributed by atoms with Gasteiger partial charge in [0.25, 0.3) is 5.69 Å². The van der Waals surface area contributed by atoms with Crippen molar-refractivity contribution in [2.45, 2.75) is 9.79 Å². The third-order valence-electron chi connectivity index (χ3n) is 4.43. The van der Waals surface area contributed by atoms with Crippen LogP contribution in [0, 0.1) is 10.1 Å². The van der Waals surface area contributed by atoms with Gasteiger partial charge in [-0.3, -0.25) is 10.1 Å². The molecule has 4 aromatic rings. The number of nitro benzene ring substituents is 1. The van der Waals surface area contributed by atoms with E-state index in [9.17, 15) is 10.1 Å². The van der Waals surface area contributed by atoms with Crippen molar-refractivity contribution in [2.75, 3.05) is 0 Å². The van der Waals surface area contributed by atoms with Gasteiger partial charge >= 0.3 is 0 Å². The fourth-order valence-corrected chi connectivity index (χ4v) is 4.65. The first-order valence-electron chi connectivity index (χ1n) is 8.30. The molecule has 6 heteroatoms. The van der Waals surface area contributed by atoms with Crippen LogP contribution in [0.25, 0.3) is 22.2 Å². The average Bonchev–Trinajstić information content (AvgIpc) is 2.94. The van der Waals surface area contributed by atoms with Crippen LogP contribution >= 0.6 is 27.7 Å². The number of aryl methyl sites for hydroxylation is 1. The minimum atomic E-state index is -0.376. The Balaban J connectivity index is 1.89. The van der Waals surface area contributed by atoms with Crippen LogP contribution in [0.15, 0.2) is 87.1 Å². The van der Waals surface area contributed by atoms with Crippen molar-refractivity contribution in [3.63, 3.8) is 0 Å². The average molecular weight is 439 g/mol. The van der Waals surface area contributed by atoms with Crippen molar-refractivity contribution in [2.24, 2.45) is 7.05 Å². The van der Waals surface area contributed by atoms with Gasteiger partial charge in [0, 0.05) is 44.3 Å². The summed E-state index contributed by atoms with van der Waals surface area (Å²) in [6.07, 6.45) is 0. The van der Waals surface area contributed by atoms with E-state index in [1.807, 2.05) is 24.3 Å². The van der Waals surface area contributed by atoms with Gasteiger partial charge in [0.05, 0.1) is 10.6 Å². The number of hydrogen-bond donors (Lipinski definition) is 0. The summed E-state index contributed by atoms with van der Waals surface area (Å²) in [6, 6.07) is 23.2. The summed E-state index contributed by atoms with van der Waals surface area (Å²) < 4.78 is 3.22. The standard InChI is InChI=1S/C21H15BrN2O2S/c1-23-19-12-7-15(22)13-18(19)21(20(23)14-5-3-2-4-6-14)27-17-10-8-16(9-11-17)24(25)26/h2-13H,1H3. The van der Waals surface area contributed by atoms with Crippen LogP contribution < -0.4 is 0 Å². The van der Waals surface area contributed by atoms with E-state index in [2.05, 4.69) is 51.8 Å². The lowest BCUT2D eigenvalue weighted by Crippen LogP contribution is -1.92. The quantitative estimate of drug-likeness (QED) is 0.264. The van der Waals surface area contributed by atoms with E-state index in [0.29, 0.717) is 0 Å². The van der Waals surface area contributed by atoms with Crippen LogP contribution in [-0.2, 0) is 7.05 Å². The molecule has 4 rings (SSSR count). The predicted octanol–water partition coefficient (Wildman–Crippen LogP) is 6.67. The summed E-state index contributed by atoms with van der Waals surface area (Å²) in [6.45, 7) is 0. The lowest BCUT2D eigenvalue weighted by molar-refractivity contribution is -0.384. The van der Waals surface area contributed by atoms with Crippen LogP contribution in [0.3, 0.4) is 0 Å². The van der Waals surface area contributed by atoms with Gasteiger partial charge in [-0.15, -0.1) is 0 Å². The molecule has 0 aliphatic carbocycles. The van der Waals surface area contributed by atoms with Gasteiger partial charge in [-0.25, -0.2) is 0 Å². The van der Waals surface area contributed by atoms with Crippen molar-refractivity contribution in [3.05, 3.63) is 87.4 Å². The monoisotopic (exact) mass is 438 g/mol. The third kappa shape index (κ3) is 3.38. The molecule has 0 bridgehead atoms. The zero-order valence-corrected chi connectivity index (χ0v) is 16.8. The second kappa shape index (κ2) is 7.21. The van der Waals surface area contributed by atoms with Crippen LogP contribution in [0.2, 0.25) is 0 Å². The molecule has 0 amide bonds. The highest BCUT2D eigenvalue weighted by Gasteiger charge is 2.18. The molecule has 4 nitrogen and oxygen atoms in total. The minimum Gasteiger partial charge on any atom is -0.343 e. The van der Waals surface area contributed by atoms with Crippen molar-refractivity contribution >= 4 is 44.3 Å². The van der Waals surface area contributed by atoms with E-state index in [1.165, 1.54) is 0 Å². The molecule has 134 valence electrons. The van der Waals surface area contributed by atoms with Gasteiger partial charge in [0.2, 0.25) is 0 Å². The molecule has 27 heavy (non-hydrogen) atoms. The number of rotatable bonds is 4. The van der Waals surface area contributed by atoms with Crippen LogP contribution in [0.4, 0.5) is 5.69 Å². The summed E-state index contributed by atoms with van der Waals surface area (Å²) >= 11 is 5.20. The second-order valence-corrected chi connectivity index (χ2v) is 8.12. The molecule has 0 fully saturated rings. The molecular weight excluding hydrogens is 424 g/mol. The Hall–Kier alpha value is -2.57. The predicted molar refractivity (Wildman–Crippen MR) is 113 cm³/mol. The Morgan fingerprint density at radius 2 is 1.70 bits per heavy atom. The maximum atomic E-state index is 10.9. The second-order valence-electron chi connectivity index (χ2n) is 6.12. The first kappa shape index (κ1) is 17.8. The lowest BCUT2D eigenvalue weighted by atomic mass is 10.1. The number of fused-ring (bicyclic) bond motifs is 1. The maximum absolute atomic E-state index is 10.9. The lowest BCUT2D eigenvalue weighted by Gasteiger charge is -2.08. The Labute approximate surface area is 169 Å². The number of hydrogen-bond acceptors (Lipinski definition) is 3. The van der Waals surface area contributed by atoms with Crippen molar-refractivity contribution in [1.82, 2.24) is 4.57 Å². The molecular formula is C21H15BrN2O2S. The largest absolute Gasteiger partial charge is 0.343 e. The van der Waals surface area contributed by atoms with E-state index < -0.39 is 0 Å². The third-order valence-corrected chi connectivity index (χ3v) is 6.05. The molecule has 0 radical (unpaired) electrons. The van der Waals surface area contributed by atoms with Crippen LogP contribution in [-0.4, -0.2) is 9.49 Å². The Bertz CT molecular complexity index is 1140. The number of halogens is 1. The van der Waals surface area contributed by atoms with E-state index >= 15 is 0 Å². The van der Waals surface area contributed by atoms with E-state index in [4.69, 9.17) is 0 Å². The number of non-ortho nitro benzene ring substituents is 1. The fourth-order valence-electron chi connectivity index (χ4n) is 3.16. The fraction of sp³-hybridized carbons (Fsp3) is 0.0476. The molecule has 0 atom stereocenters. The topological polar surface area (TPSA) is 48.1 Å². The summed E-state index contributed by atoms with van der Waals surface area (Å²) in [4.78, 5) is 12.6. The summed E-state index contributed by atoms with van der Waals surface area (Å²) in [5.74, 6) is 0. The van der Waals surface area contributed by atoms with Crippen LogP contribution in [0.1, 0.15) is 0 Å². The maximum Gasteiger partial charge on any atom is 0.269 e. The summed E-state index contributed by atoms with van der Waals surface area (Å²) in [5.41, 5.74) is 3.51. The van der Waals surface area contributed by atoms with E-state index in [-0.39, 0.29) is 10.6 Å². The van der Waals surface area contributed by atoms with Crippen molar-refractivity contribution in [3.8, 4) is 11.3 Å². The zero-order chi connectivity index (χ0) is 19.0. The Morgan fingerprint density at radius 3 is 2.37 bits per heavy atom. The first-order chi connectivity index (χ1) is 13.0. The molecule has 0 saturated carbocycles. The highest BCUT2D eigenvalue weighted by Crippen LogP contribution is 2.43. The van der Waals surface area contributed by atoms with E-state index in [0.717, 1.165) is 36.4 Å². The highest BCUT2D eigenvalue weighted by molar-refractivity contribution is 9.10. The number of aromatic nitrogens is 1. The molecule has 0 aliphatic rings. The minimum absolute atomic E-state index is 0.100. The molecule has 1 heterocycles. The Kier molecular flexibility index (Phi) is 4.76. The summed E-state index contributed by atoms with van der Waals surface area (Å²) in [5, 5.41) is 12.1. The molecule has 0 saturated heterocycles. The number of nitrogens with zero attached hydrogens (tertiary/aromatic N) is 2. The highest BCUT2D eigenvalue weighted by atomic mass is 79.9. The molecule has 0 N–H and O–H groups in total. The van der Waals surface area contributed by atoms with Gasteiger partial charge in [0.15, 0.2) is 0 Å². The first-order valence-corrected chi connectivity index (χ1v) is 9.91. The molecule has 3 aromatic carbocycles. The zero-order valence-electron chi connectivity index (χ0n) is 14.4. The van der Waals surface area contributed by atoms with Gasteiger partial charge in [-0.2, -0.15) is 0 Å². The van der Waals surface area contributed by atoms with Crippen LogP contribution in [0.5, 0.6) is 0 Å². The van der Waals surface area contributed by atoms with Gasteiger partial charge in [0.1, 0.15) is 0 Å². The molecule has 0 aliphatic heterocycles. The molecule has 0 unspecified atom stereocenters. The van der Waals surface area contributed by atoms with Crippen molar-refractivity contribution in [1.29, 1.82) is 0 Å². The smallest absolute Gasteiger partial charge is 0.269 e. The molecule has 0 spiro atoms. The van der Waals surface area contributed by atoms with Gasteiger partial charge in [-0.1, -0.05) is 58.0 Å². The van der Waals surface area contributed by atoms with Gasteiger partial charge < -0.3 is 4.57 Å². The number of benzene rings is 3. The molecule has 1 aromatic heterocycles. The normalized spacial score (nSPS) is 11.0. The van der Waals surface area contributed by atoms with E-state index in [1.54, 1.807) is 36.0 Å².